The number of aromatic nitrogens is 2. The van der Waals surface area contributed by atoms with E-state index in [1.807, 2.05) is 36.1 Å². The Bertz CT molecular complexity index is 1020. The van der Waals surface area contributed by atoms with Crippen LogP contribution in [0.1, 0.15) is 54.2 Å². The summed E-state index contributed by atoms with van der Waals surface area (Å²) in [6.45, 7) is 7.92. The minimum absolute atomic E-state index is 0.0389. The zero-order valence-electron chi connectivity index (χ0n) is 16.7. The van der Waals surface area contributed by atoms with Gasteiger partial charge in [0.05, 0.1) is 11.3 Å². The highest BCUT2D eigenvalue weighted by Gasteiger charge is 2.24. The third-order valence-corrected chi connectivity index (χ3v) is 5.34. The predicted molar refractivity (Wildman–Crippen MR) is 113 cm³/mol. The predicted octanol–water partition coefficient (Wildman–Crippen LogP) is 5.04. The molecule has 3 aromatic rings. The van der Waals surface area contributed by atoms with Crippen LogP contribution < -0.4 is 5.32 Å². The highest BCUT2D eigenvalue weighted by atomic mass is 16.2. The quantitative estimate of drug-likeness (QED) is 0.695. The molecular weight excluding hydrogens is 348 g/mol. The molecule has 1 aromatic carbocycles. The van der Waals surface area contributed by atoms with Crippen LogP contribution in [0.15, 0.2) is 42.6 Å². The number of para-hydroxylation sites is 1. The lowest BCUT2D eigenvalue weighted by atomic mass is 10.0. The molecule has 0 saturated carbocycles. The second kappa shape index (κ2) is 7.58. The number of hydrogen-bond acceptors (Lipinski definition) is 4. The zero-order chi connectivity index (χ0) is 19.7. The number of carbonyl (C=O) groups is 1. The van der Waals surface area contributed by atoms with Gasteiger partial charge in [0, 0.05) is 36.1 Å². The summed E-state index contributed by atoms with van der Waals surface area (Å²) in [5, 5.41) is 4.43. The molecule has 1 saturated heterocycles. The standard InChI is InChI=1S/C23H26N4O/c1-15(2)17-8-4-5-9-20(17)26-21-18-11-10-16(3)25-22(18)24-14-19(21)23(28)27-12-6-7-13-27/h4-5,8-11,14-15H,6-7,12-13H2,1-3H3,(H,24,25,26). The zero-order valence-corrected chi connectivity index (χ0v) is 16.7. The molecule has 0 atom stereocenters. The molecule has 1 aliphatic heterocycles. The number of anilines is 2. The van der Waals surface area contributed by atoms with Gasteiger partial charge in [-0.25, -0.2) is 9.97 Å². The molecule has 1 aliphatic rings. The van der Waals surface area contributed by atoms with Crippen molar-refractivity contribution < 1.29 is 4.79 Å². The van der Waals surface area contributed by atoms with Gasteiger partial charge in [0.1, 0.15) is 0 Å². The van der Waals surface area contributed by atoms with Crippen molar-refractivity contribution in [2.45, 2.75) is 39.5 Å². The fourth-order valence-electron chi connectivity index (χ4n) is 3.81. The molecule has 1 amide bonds. The first kappa shape index (κ1) is 18.4. The molecule has 0 bridgehead atoms. The Labute approximate surface area is 165 Å². The van der Waals surface area contributed by atoms with E-state index >= 15 is 0 Å². The molecular formula is C23H26N4O. The van der Waals surface area contributed by atoms with E-state index in [2.05, 4.69) is 41.3 Å². The van der Waals surface area contributed by atoms with E-state index in [0.29, 0.717) is 17.1 Å². The Morgan fingerprint density at radius 2 is 1.86 bits per heavy atom. The molecule has 28 heavy (non-hydrogen) atoms. The van der Waals surface area contributed by atoms with Crippen LogP contribution in [0.5, 0.6) is 0 Å². The summed E-state index contributed by atoms with van der Waals surface area (Å²) in [4.78, 5) is 24.2. The molecule has 3 heterocycles. The second-order valence-electron chi connectivity index (χ2n) is 7.74. The Hall–Kier alpha value is -2.95. The highest BCUT2D eigenvalue weighted by Crippen LogP contribution is 2.33. The van der Waals surface area contributed by atoms with Crippen molar-refractivity contribution in [2.24, 2.45) is 0 Å². The lowest BCUT2D eigenvalue weighted by Gasteiger charge is -2.21. The molecule has 0 radical (unpaired) electrons. The maximum Gasteiger partial charge on any atom is 0.257 e. The van der Waals surface area contributed by atoms with Gasteiger partial charge in [-0.05, 0) is 49.4 Å². The molecule has 2 aromatic heterocycles. The number of carbonyl (C=O) groups excluding carboxylic acids is 1. The Morgan fingerprint density at radius 3 is 2.61 bits per heavy atom. The Kier molecular flexibility index (Phi) is 4.99. The van der Waals surface area contributed by atoms with Crippen LogP contribution in [-0.2, 0) is 0 Å². The van der Waals surface area contributed by atoms with Crippen LogP contribution in [0.25, 0.3) is 11.0 Å². The third-order valence-electron chi connectivity index (χ3n) is 5.34. The minimum Gasteiger partial charge on any atom is -0.354 e. The van der Waals surface area contributed by atoms with Gasteiger partial charge >= 0.3 is 0 Å². The fourth-order valence-corrected chi connectivity index (χ4v) is 3.81. The number of benzene rings is 1. The maximum atomic E-state index is 13.2. The highest BCUT2D eigenvalue weighted by molar-refractivity contribution is 6.07. The first-order valence-corrected chi connectivity index (χ1v) is 9.96. The van der Waals surface area contributed by atoms with E-state index in [-0.39, 0.29) is 5.91 Å². The molecule has 0 spiro atoms. The van der Waals surface area contributed by atoms with Crippen LogP contribution in [0.3, 0.4) is 0 Å². The van der Waals surface area contributed by atoms with Crippen molar-refractivity contribution in [2.75, 3.05) is 18.4 Å². The Morgan fingerprint density at radius 1 is 1.11 bits per heavy atom. The van der Waals surface area contributed by atoms with Gasteiger partial charge in [-0.15, -0.1) is 0 Å². The lowest BCUT2D eigenvalue weighted by molar-refractivity contribution is 0.0793. The summed E-state index contributed by atoms with van der Waals surface area (Å²) in [5.74, 6) is 0.409. The van der Waals surface area contributed by atoms with Gasteiger partial charge in [-0.1, -0.05) is 32.0 Å². The molecule has 0 unspecified atom stereocenters. The topological polar surface area (TPSA) is 58.1 Å². The number of fused-ring (bicyclic) bond motifs is 1. The summed E-state index contributed by atoms with van der Waals surface area (Å²) < 4.78 is 0. The molecule has 144 valence electrons. The van der Waals surface area contributed by atoms with Crippen molar-refractivity contribution in [1.29, 1.82) is 0 Å². The normalized spacial score (nSPS) is 14.1. The van der Waals surface area contributed by atoms with Crippen molar-refractivity contribution in [3.8, 4) is 0 Å². The average Bonchev–Trinajstić information content (AvgIpc) is 3.22. The molecule has 5 nitrogen and oxygen atoms in total. The van der Waals surface area contributed by atoms with E-state index in [9.17, 15) is 4.79 Å². The summed E-state index contributed by atoms with van der Waals surface area (Å²) in [7, 11) is 0. The van der Waals surface area contributed by atoms with Gasteiger partial charge in [-0.2, -0.15) is 0 Å². The van der Waals surface area contributed by atoms with Crippen molar-refractivity contribution in [3.05, 3.63) is 59.4 Å². The maximum absolute atomic E-state index is 13.2. The van der Waals surface area contributed by atoms with E-state index in [4.69, 9.17) is 0 Å². The number of nitrogens with one attached hydrogen (secondary N) is 1. The average molecular weight is 374 g/mol. The Balaban J connectivity index is 1.86. The van der Waals surface area contributed by atoms with Gasteiger partial charge in [0.2, 0.25) is 0 Å². The van der Waals surface area contributed by atoms with Crippen LogP contribution >= 0.6 is 0 Å². The molecule has 1 N–H and O–H groups in total. The van der Waals surface area contributed by atoms with Crippen molar-refractivity contribution >= 4 is 28.3 Å². The second-order valence-corrected chi connectivity index (χ2v) is 7.74. The van der Waals surface area contributed by atoms with E-state index in [1.54, 1.807) is 6.20 Å². The SMILES string of the molecule is Cc1ccc2c(Nc3ccccc3C(C)C)c(C(=O)N3CCCC3)cnc2n1. The molecule has 5 heteroatoms. The van der Waals surface area contributed by atoms with Crippen molar-refractivity contribution in [1.82, 2.24) is 14.9 Å². The first-order valence-electron chi connectivity index (χ1n) is 9.96. The van der Waals surface area contributed by atoms with E-state index < -0.39 is 0 Å². The largest absolute Gasteiger partial charge is 0.354 e. The number of amides is 1. The van der Waals surface area contributed by atoms with Crippen LogP contribution in [0.4, 0.5) is 11.4 Å². The summed E-state index contributed by atoms with van der Waals surface area (Å²) in [6, 6.07) is 12.2. The summed E-state index contributed by atoms with van der Waals surface area (Å²) in [5.41, 5.74) is 5.20. The van der Waals surface area contributed by atoms with E-state index in [1.165, 1.54) is 5.56 Å². The first-order chi connectivity index (χ1) is 13.5. The summed E-state index contributed by atoms with van der Waals surface area (Å²) in [6.07, 6.45) is 3.80. The number of nitrogens with zero attached hydrogens (tertiary/aromatic N) is 3. The summed E-state index contributed by atoms with van der Waals surface area (Å²) >= 11 is 0. The number of rotatable bonds is 4. The molecule has 4 rings (SSSR count). The van der Waals surface area contributed by atoms with Gasteiger partial charge < -0.3 is 10.2 Å². The van der Waals surface area contributed by atoms with Crippen LogP contribution in [0.2, 0.25) is 0 Å². The fraction of sp³-hybridized carbons (Fsp3) is 0.348. The number of likely N-dealkylation sites (tertiary alicyclic amines) is 1. The van der Waals surface area contributed by atoms with Gasteiger partial charge in [0.15, 0.2) is 5.65 Å². The van der Waals surface area contributed by atoms with Crippen LogP contribution in [-0.4, -0.2) is 33.9 Å². The van der Waals surface area contributed by atoms with Gasteiger partial charge in [-0.3, -0.25) is 4.79 Å². The third kappa shape index (κ3) is 3.44. The molecule has 0 aliphatic carbocycles. The number of hydrogen-bond donors (Lipinski definition) is 1. The van der Waals surface area contributed by atoms with Crippen molar-refractivity contribution in [3.63, 3.8) is 0 Å². The lowest BCUT2D eigenvalue weighted by Crippen LogP contribution is -2.28. The number of pyridine rings is 2. The van der Waals surface area contributed by atoms with E-state index in [0.717, 1.165) is 48.4 Å². The number of aryl methyl sites for hydroxylation is 1. The smallest absolute Gasteiger partial charge is 0.257 e. The minimum atomic E-state index is 0.0389. The van der Waals surface area contributed by atoms with Gasteiger partial charge in [0.25, 0.3) is 5.91 Å². The molecule has 1 fully saturated rings. The van der Waals surface area contributed by atoms with Crippen LogP contribution in [0, 0.1) is 6.92 Å². The monoisotopic (exact) mass is 374 g/mol.